The van der Waals surface area contributed by atoms with Gasteiger partial charge in [0, 0.05) is 36.0 Å². The van der Waals surface area contributed by atoms with Crippen LogP contribution in [0.1, 0.15) is 10.5 Å². The van der Waals surface area contributed by atoms with Gasteiger partial charge in [0.25, 0.3) is 5.91 Å². The molecule has 1 aliphatic heterocycles. The zero-order chi connectivity index (χ0) is 14.3. The summed E-state index contributed by atoms with van der Waals surface area (Å²) in [6.07, 6.45) is 0. The molecule has 0 atom stereocenters. The van der Waals surface area contributed by atoms with E-state index in [-0.39, 0.29) is 11.7 Å². The fraction of sp³-hybridized carbons (Fsp3) is 0.357. The third-order valence-electron chi connectivity index (χ3n) is 3.69. The Morgan fingerprint density at radius 2 is 1.95 bits per heavy atom. The number of amides is 1. The number of H-pyrrole nitrogens is 1. The molecule has 0 aliphatic carbocycles. The number of fused-ring (bicyclic) bond motifs is 1. The summed E-state index contributed by atoms with van der Waals surface area (Å²) >= 11 is 3.34. The first kappa shape index (κ1) is 13.5. The van der Waals surface area contributed by atoms with Gasteiger partial charge in [0.1, 0.15) is 11.4 Å². The first-order valence-electron chi connectivity index (χ1n) is 6.53. The molecule has 106 valence electrons. The van der Waals surface area contributed by atoms with Crippen molar-refractivity contribution < 1.29 is 9.90 Å². The van der Waals surface area contributed by atoms with E-state index in [1.165, 1.54) is 0 Å². The maximum Gasteiger partial charge on any atom is 0.270 e. The lowest BCUT2D eigenvalue weighted by Gasteiger charge is -2.32. The van der Waals surface area contributed by atoms with Crippen LogP contribution in [0.3, 0.4) is 0 Å². The van der Waals surface area contributed by atoms with Crippen LogP contribution in [0.15, 0.2) is 22.7 Å². The number of phenols is 1. The SMILES string of the molecule is CN1CCN(C(=O)c2cc3cc(Br)cc(O)c3[nH]2)CC1. The van der Waals surface area contributed by atoms with Crippen molar-refractivity contribution in [3.63, 3.8) is 0 Å². The van der Waals surface area contributed by atoms with Crippen LogP contribution in [0.25, 0.3) is 10.9 Å². The average molecular weight is 338 g/mol. The minimum absolute atomic E-state index is 0.00942. The predicted octanol–water partition coefficient (Wildman–Crippen LogP) is 2.02. The van der Waals surface area contributed by atoms with E-state index in [2.05, 4.69) is 32.9 Å². The lowest BCUT2D eigenvalue weighted by atomic mass is 10.2. The number of nitrogens with one attached hydrogen (secondary N) is 1. The Balaban J connectivity index is 1.90. The van der Waals surface area contributed by atoms with Gasteiger partial charge in [-0.25, -0.2) is 0 Å². The van der Waals surface area contributed by atoms with E-state index < -0.39 is 0 Å². The van der Waals surface area contributed by atoms with E-state index in [0.717, 1.165) is 36.0 Å². The number of piperazine rings is 1. The normalized spacial score (nSPS) is 16.8. The number of hydrogen-bond acceptors (Lipinski definition) is 3. The molecule has 1 aromatic carbocycles. The van der Waals surface area contributed by atoms with E-state index in [0.29, 0.717) is 11.2 Å². The number of aromatic amines is 1. The average Bonchev–Trinajstić information content (AvgIpc) is 2.83. The Morgan fingerprint density at radius 3 is 2.65 bits per heavy atom. The van der Waals surface area contributed by atoms with Crippen molar-refractivity contribution in [1.82, 2.24) is 14.8 Å². The minimum Gasteiger partial charge on any atom is -0.506 e. The number of hydrogen-bond donors (Lipinski definition) is 2. The molecule has 5 nitrogen and oxygen atoms in total. The molecule has 1 amide bonds. The molecule has 0 saturated carbocycles. The molecule has 1 aromatic heterocycles. The zero-order valence-corrected chi connectivity index (χ0v) is 12.8. The first-order chi connectivity index (χ1) is 9.54. The van der Waals surface area contributed by atoms with Crippen molar-refractivity contribution in [2.75, 3.05) is 33.2 Å². The Labute approximate surface area is 125 Å². The van der Waals surface area contributed by atoms with E-state index in [1.807, 2.05) is 11.0 Å². The summed E-state index contributed by atoms with van der Waals surface area (Å²) in [6.45, 7) is 3.26. The van der Waals surface area contributed by atoms with Gasteiger partial charge in [-0.1, -0.05) is 15.9 Å². The predicted molar refractivity (Wildman–Crippen MR) is 81.1 cm³/mol. The zero-order valence-electron chi connectivity index (χ0n) is 11.2. The van der Waals surface area contributed by atoms with Crippen LogP contribution in [0, 0.1) is 0 Å². The van der Waals surface area contributed by atoms with Crippen molar-refractivity contribution in [1.29, 1.82) is 0 Å². The van der Waals surface area contributed by atoms with Gasteiger partial charge in [0.15, 0.2) is 0 Å². The number of likely N-dealkylation sites (N-methyl/N-ethyl adjacent to an activating group) is 1. The lowest BCUT2D eigenvalue weighted by molar-refractivity contribution is 0.0659. The Hall–Kier alpha value is -1.53. The molecule has 1 fully saturated rings. The summed E-state index contributed by atoms with van der Waals surface area (Å²) < 4.78 is 0.792. The fourth-order valence-corrected chi connectivity index (χ4v) is 2.95. The molecule has 2 aromatic rings. The highest BCUT2D eigenvalue weighted by molar-refractivity contribution is 9.10. The largest absolute Gasteiger partial charge is 0.506 e. The Kier molecular flexibility index (Phi) is 3.43. The standard InChI is InChI=1S/C14H16BrN3O2/c1-17-2-4-18(5-3-17)14(20)11-7-9-6-10(15)8-12(19)13(9)16-11/h6-8,16,19H,2-5H2,1H3. The van der Waals surface area contributed by atoms with Crippen LogP contribution in [0.4, 0.5) is 0 Å². The van der Waals surface area contributed by atoms with Gasteiger partial charge < -0.3 is 19.9 Å². The van der Waals surface area contributed by atoms with Gasteiger partial charge in [-0.15, -0.1) is 0 Å². The van der Waals surface area contributed by atoms with Gasteiger partial charge >= 0.3 is 0 Å². The topological polar surface area (TPSA) is 59.6 Å². The van der Waals surface area contributed by atoms with E-state index in [4.69, 9.17) is 0 Å². The molecule has 20 heavy (non-hydrogen) atoms. The summed E-state index contributed by atoms with van der Waals surface area (Å²) in [5, 5.41) is 10.7. The van der Waals surface area contributed by atoms with Crippen molar-refractivity contribution >= 4 is 32.7 Å². The molecular formula is C14H16BrN3O2. The number of halogens is 1. The lowest BCUT2D eigenvalue weighted by Crippen LogP contribution is -2.47. The third kappa shape index (κ3) is 2.41. The maximum absolute atomic E-state index is 12.5. The molecule has 0 bridgehead atoms. The van der Waals surface area contributed by atoms with Gasteiger partial charge in [-0.05, 0) is 25.2 Å². The number of carbonyl (C=O) groups excluding carboxylic acids is 1. The minimum atomic E-state index is -0.00942. The molecule has 0 spiro atoms. The summed E-state index contributed by atoms with van der Waals surface area (Å²) in [5.41, 5.74) is 1.13. The van der Waals surface area contributed by atoms with Crippen molar-refractivity contribution in [2.24, 2.45) is 0 Å². The van der Waals surface area contributed by atoms with E-state index in [1.54, 1.807) is 12.1 Å². The number of benzene rings is 1. The quantitative estimate of drug-likeness (QED) is 0.836. The summed E-state index contributed by atoms with van der Waals surface area (Å²) in [4.78, 5) is 19.5. The second-order valence-corrected chi connectivity index (χ2v) is 6.08. The second-order valence-electron chi connectivity index (χ2n) is 5.17. The monoisotopic (exact) mass is 337 g/mol. The van der Waals surface area contributed by atoms with Gasteiger partial charge in [-0.3, -0.25) is 4.79 Å². The summed E-state index contributed by atoms with van der Waals surface area (Å²) in [7, 11) is 2.06. The third-order valence-corrected chi connectivity index (χ3v) is 4.15. The van der Waals surface area contributed by atoms with Crippen LogP contribution in [-0.4, -0.2) is 59.0 Å². The van der Waals surface area contributed by atoms with Gasteiger partial charge in [0.05, 0.1) is 5.52 Å². The molecule has 0 radical (unpaired) electrons. The molecule has 3 rings (SSSR count). The van der Waals surface area contributed by atoms with Crippen molar-refractivity contribution in [3.05, 3.63) is 28.4 Å². The Bertz CT molecular complexity index is 660. The summed E-state index contributed by atoms with van der Waals surface area (Å²) in [5.74, 6) is 0.136. The van der Waals surface area contributed by atoms with E-state index in [9.17, 15) is 9.90 Å². The van der Waals surface area contributed by atoms with Crippen molar-refractivity contribution in [2.45, 2.75) is 0 Å². The molecule has 6 heteroatoms. The summed E-state index contributed by atoms with van der Waals surface area (Å²) in [6, 6.07) is 5.29. The molecule has 1 aliphatic rings. The molecule has 2 N–H and O–H groups in total. The second kappa shape index (κ2) is 5.10. The highest BCUT2D eigenvalue weighted by Gasteiger charge is 2.22. The fourth-order valence-electron chi connectivity index (χ4n) is 2.48. The number of aromatic hydroxyl groups is 1. The highest BCUT2D eigenvalue weighted by Crippen LogP contribution is 2.29. The van der Waals surface area contributed by atoms with Crippen LogP contribution >= 0.6 is 15.9 Å². The number of carbonyl (C=O) groups is 1. The van der Waals surface area contributed by atoms with Gasteiger partial charge in [-0.2, -0.15) is 0 Å². The van der Waals surface area contributed by atoms with Crippen LogP contribution in [0.5, 0.6) is 5.75 Å². The maximum atomic E-state index is 12.5. The van der Waals surface area contributed by atoms with Crippen LogP contribution in [0.2, 0.25) is 0 Å². The molecule has 2 heterocycles. The Morgan fingerprint density at radius 1 is 1.25 bits per heavy atom. The highest BCUT2D eigenvalue weighted by atomic mass is 79.9. The number of nitrogens with zero attached hydrogens (tertiary/aromatic N) is 2. The molecule has 0 unspecified atom stereocenters. The smallest absolute Gasteiger partial charge is 0.270 e. The molecular weight excluding hydrogens is 322 g/mol. The number of phenolic OH excluding ortho intramolecular Hbond substituents is 1. The van der Waals surface area contributed by atoms with Gasteiger partial charge in [0.2, 0.25) is 0 Å². The van der Waals surface area contributed by atoms with Crippen LogP contribution < -0.4 is 0 Å². The van der Waals surface area contributed by atoms with E-state index >= 15 is 0 Å². The number of rotatable bonds is 1. The first-order valence-corrected chi connectivity index (χ1v) is 7.33. The molecule has 1 saturated heterocycles. The van der Waals surface area contributed by atoms with Crippen LogP contribution in [-0.2, 0) is 0 Å². The van der Waals surface area contributed by atoms with Crippen molar-refractivity contribution in [3.8, 4) is 5.75 Å². The number of aromatic nitrogens is 1.